The van der Waals surface area contributed by atoms with E-state index in [4.69, 9.17) is 23.2 Å². The molecule has 0 aromatic heterocycles. The lowest BCUT2D eigenvalue weighted by molar-refractivity contribution is -0.115. The van der Waals surface area contributed by atoms with Crippen LogP contribution < -0.4 is 10.6 Å². The second kappa shape index (κ2) is 7.81. The van der Waals surface area contributed by atoms with Crippen molar-refractivity contribution in [2.45, 2.75) is 6.92 Å². The summed E-state index contributed by atoms with van der Waals surface area (Å²) in [4.78, 5) is 23.9. The first-order valence-electron chi connectivity index (χ1n) is 6.66. The van der Waals surface area contributed by atoms with Crippen LogP contribution in [0.25, 0.3) is 0 Å². The lowest BCUT2D eigenvalue weighted by Gasteiger charge is -2.09. The van der Waals surface area contributed by atoms with Gasteiger partial charge in [0.15, 0.2) is 0 Å². The van der Waals surface area contributed by atoms with E-state index in [0.29, 0.717) is 21.3 Å². The number of aryl methyl sites for hydroxylation is 1. The first kappa shape index (κ1) is 17.8. The summed E-state index contributed by atoms with van der Waals surface area (Å²) in [6.07, 6.45) is 0. The van der Waals surface area contributed by atoms with Gasteiger partial charge in [0.05, 0.1) is 27.8 Å². The molecule has 0 saturated carbocycles. The van der Waals surface area contributed by atoms with Crippen molar-refractivity contribution in [1.82, 2.24) is 5.32 Å². The average Bonchev–Trinajstić information content (AvgIpc) is 2.48. The van der Waals surface area contributed by atoms with Gasteiger partial charge in [0.2, 0.25) is 5.91 Å². The molecule has 0 bridgehead atoms. The van der Waals surface area contributed by atoms with Crippen LogP contribution in [0, 0.1) is 6.92 Å². The normalized spacial score (nSPS) is 10.3. The SMILES string of the molecule is Cc1ccc(NC(=O)CNC(=O)c2ccc(Br)cc2Cl)c(Cl)c1. The van der Waals surface area contributed by atoms with Gasteiger partial charge in [-0.15, -0.1) is 0 Å². The highest BCUT2D eigenvalue weighted by Gasteiger charge is 2.12. The topological polar surface area (TPSA) is 58.2 Å². The predicted molar refractivity (Wildman–Crippen MR) is 96.3 cm³/mol. The number of carbonyl (C=O) groups is 2. The lowest BCUT2D eigenvalue weighted by Crippen LogP contribution is -2.33. The van der Waals surface area contributed by atoms with Crippen LogP contribution in [-0.4, -0.2) is 18.4 Å². The third kappa shape index (κ3) is 4.96. The summed E-state index contributed by atoms with van der Waals surface area (Å²) < 4.78 is 0.769. The van der Waals surface area contributed by atoms with Crippen LogP contribution in [0.2, 0.25) is 10.0 Å². The number of nitrogens with one attached hydrogen (secondary N) is 2. The summed E-state index contributed by atoms with van der Waals surface area (Å²) in [6, 6.07) is 10.2. The standard InChI is InChI=1S/C16H13BrCl2N2O2/c1-9-2-5-14(13(19)6-9)21-15(22)8-20-16(23)11-4-3-10(17)7-12(11)18/h2-7H,8H2,1H3,(H,20,23)(H,21,22). The van der Waals surface area contributed by atoms with Crippen LogP contribution in [0.1, 0.15) is 15.9 Å². The third-order valence-corrected chi connectivity index (χ3v) is 4.10. The first-order chi connectivity index (χ1) is 10.9. The van der Waals surface area contributed by atoms with Crippen molar-refractivity contribution in [3.05, 3.63) is 62.0 Å². The molecule has 2 amide bonds. The Morgan fingerprint density at radius 2 is 1.83 bits per heavy atom. The number of hydrogen-bond acceptors (Lipinski definition) is 2. The van der Waals surface area contributed by atoms with E-state index in [2.05, 4.69) is 26.6 Å². The highest BCUT2D eigenvalue weighted by atomic mass is 79.9. The molecular weight excluding hydrogens is 403 g/mol. The minimum absolute atomic E-state index is 0.185. The molecule has 2 N–H and O–H groups in total. The Hall–Kier alpha value is -1.56. The number of halogens is 3. The van der Waals surface area contributed by atoms with Crippen molar-refractivity contribution >= 4 is 56.6 Å². The highest BCUT2D eigenvalue weighted by Crippen LogP contribution is 2.23. The fraction of sp³-hybridized carbons (Fsp3) is 0.125. The molecule has 0 unspecified atom stereocenters. The summed E-state index contributed by atoms with van der Waals surface area (Å²) >= 11 is 15.3. The summed E-state index contributed by atoms with van der Waals surface area (Å²) in [5, 5.41) is 5.91. The Balaban J connectivity index is 1.94. The van der Waals surface area contributed by atoms with E-state index < -0.39 is 5.91 Å². The van der Waals surface area contributed by atoms with Gasteiger partial charge in [0.1, 0.15) is 0 Å². The molecule has 0 aliphatic rings. The molecule has 23 heavy (non-hydrogen) atoms. The molecule has 2 aromatic carbocycles. The Bertz CT molecular complexity index is 766. The van der Waals surface area contributed by atoms with E-state index in [1.807, 2.05) is 13.0 Å². The molecule has 120 valence electrons. The molecular formula is C16H13BrCl2N2O2. The van der Waals surface area contributed by atoms with Crippen molar-refractivity contribution in [1.29, 1.82) is 0 Å². The van der Waals surface area contributed by atoms with Crippen molar-refractivity contribution < 1.29 is 9.59 Å². The number of hydrogen-bond donors (Lipinski definition) is 2. The second-order valence-corrected chi connectivity index (χ2v) is 6.57. The molecule has 0 aliphatic heterocycles. The summed E-state index contributed by atoms with van der Waals surface area (Å²) in [7, 11) is 0. The molecule has 2 rings (SSSR count). The fourth-order valence-electron chi connectivity index (χ4n) is 1.85. The van der Waals surface area contributed by atoms with Gasteiger partial charge in [-0.25, -0.2) is 0 Å². The Labute approximate surface area is 152 Å². The van der Waals surface area contributed by atoms with Gasteiger partial charge in [0, 0.05) is 4.47 Å². The molecule has 2 aromatic rings. The van der Waals surface area contributed by atoms with Crippen molar-refractivity contribution in [3.63, 3.8) is 0 Å². The van der Waals surface area contributed by atoms with Crippen LogP contribution in [0.15, 0.2) is 40.9 Å². The van der Waals surface area contributed by atoms with E-state index in [-0.39, 0.29) is 12.5 Å². The Kier molecular flexibility index (Phi) is 6.04. The van der Waals surface area contributed by atoms with Gasteiger partial charge < -0.3 is 10.6 Å². The average molecular weight is 416 g/mol. The maximum atomic E-state index is 12.0. The van der Waals surface area contributed by atoms with Crippen molar-refractivity contribution in [3.8, 4) is 0 Å². The van der Waals surface area contributed by atoms with E-state index >= 15 is 0 Å². The maximum Gasteiger partial charge on any atom is 0.253 e. The molecule has 4 nitrogen and oxygen atoms in total. The van der Waals surface area contributed by atoms with Crippen LogP contribution in [-0.2, 0) is 4.79 Å². The minimum Gasteiger partial charge on any atom is -0.343 e. The van der Waals surface area contributed by atoms with E-state index in [9.17, 15) is 9.59 Å². The van der Waals surface area contributed by atoms with Crippen LogP contribution in [0.4, 0.5) is 5.69 Å². The lowest BCUT2D eigenvalue weighted by atomic mass is 10.2. The van der Waals surface area contributed by atoms with Gasteiger partial charge in [-0.2, -0.15) is 0 Å². The van der Waals surface area contributed by atoms with Crippen LogP contribution in [0.5, 0.6) is 0 Å². The van der Waals surface area contributed by atoms with E-state index in [1.165, 1.54) is 0 Å². The predicted octanol–water partition coefficient (Wildman–Crippen LogP) is 4.43. The van der Waals surface area contributed by atoms with Crippen LogP contribution >= 0.6 is 39.1 Å². The second-order valence-electron chi connectivity index (χ2n) is 4.84. The highest BCUT2D eigenvalue weighted by molar-refractivity contribution is 9.10. The quantitative estimate of drug-likeness (QED) is 0.775. The number of anilines is 1. The van der Waals surface area contributed by atoms with Crippen LogP contribution in [0.3, 0.4) is 0 Å². The number of rotatable bonds is 4. The number of carbonyl (C=O) groups excluding carboxylic acids is 2. The van der Waals surface area contributed by atoms with Gasteiger partial charge in [-0.05, 0) is 42.8 Å². The third-order valence-electron chi connectivity index (χ3n) is 2.98. The molecule has 0 spiro atoms. The monoisotopic (exact) mass is 414 g/mol. The molecule has 0 heterocycles. The van der Waals surface area contributed by atoms with Gasteiger partial charge in [-0.3, -0.25) is 9.59 Å². The molecule has 0 atom stereocenters. The molecule has 0 fully saturated rings. The maximum absolute atomic E-state index is 12.0. The summed E-state index contributed by atoms with van der Waals surface area (Å²) in [5.74, 6) is -0.801. The number of benzene rings is 2. The molecule has 7 heteroatoms. The zero-order chi connectivity index (χ0) is 17.0. The van der Waals surface area contributed by atoms with Gasteiger partial charge >= 0.3 is 0 Å². The smallest absolute Gasteiger partial charge is 0.253 e. The minimum atomic E-state index is -0.423. The van der Waals surface area contributed by atoms with E-state index in [1.54, 1.807) is 30.3 Å². The number of amides is 2. The van der Waals surface area contributed by atoms with Gasteiger partial charge in [0.25, 0.3) is 5.91 Å². The Morgan fingerprint density at radius 1 is 1.09 bits per heavy atom. The summed E-state index contributed by atoms with van der Waals surface area (Å²) in [6.45, 7) is 1.72. The zero-order valence-corrected chi connectivity index (χ0v) is 15.2. The summed E-state index contributed by atoms with van der Waals surface area (Å²) in [5.41, 5.74) is 1.79. The molecule has 0 aliphatic carbocycles. The molecule has 0 radical (unpaired) electrons. The van der Waals surface area contributed by atoms with Crippen molar-refractivity contribution in [2.24, 2.45) is 0 Å². The first-order valence-corrected chi connectivity index (χ1v) is 8.21. The fourth-order valence-corrected chi connectivity index (χ4v) is 2.89. The largest absolute Gasteiger partial charge is 0.343 e. The Morgan fingerprint density at radius 3 is 2.48 bits per heavy atom. The molecule has 0 saturated heterocycles. The van der Waals surface area contributed by atoms with E-state index in [0.717, 1.165) is 10.0 Å². The zero-order valence-electron chi connectivity index (χ0n) is 12.1. The van der Waals surface area contributed by atoms with Gasteiger partial charge in [-0.1, -0.05) is 45.2 Å². The van der Waals surface area contributed by atoms with Crippen molar-refractivity contribution in [2.75, 3.05) is 11.9 Å².